The maximum Gasteiger partial charge on any atom is 0.311 e. The van der Waals surface area contributed by atoms with Crippen molar-refractivity contribution in [1.82, 2.24) is 5.32 Å². The number of para-hydroxylation sites is 2. The molecule has 1 aliphatic heterocycles. The predicted octanol–water partition coefficient (Wildman–Crippen LogP) is 1.44. The summed E-state index contributed by atoms with van der Waals surface area (Å²) in [6.07, 6.45) is -0.345. The molecule has 21 heavy (non-hydrogen) atoms. The second kappa shape index (κ2) is 6.03. The molecule has 0 aromatic heterocycles. The monoisotopic (exact) mass is 293 g/mol. The lowest BCUT2D eigenvalue weighted by Crippen LogP contribution is -2.48. The standard InChI is InChI=1S/C15H19NO5/c1-3-15(2,14(18)19)9-16-13(17)12-8-20-10-6-4-5-7-11(10)21-12/h4-7,12H,3,8-9H2,1-2H3,(H,16,17)(H,18,19). The molecule has 1 heterocycles. The van der Waals surface area contributed by atoms with Gasteiger partial charge in [-0.05, 0) is 25.5 Å². The van der Waals surface area contributed by atoms with Crippen LogP contribution in [0, 0.1) is 5.41 Å². The Balaban J connectivity index is 1.95. The fraction of sp³-hybridized carbons (Fsp3) is 0.467. The zero-order valence-electron chi connectivity index (χ0n) is 12.1. The molecule has 0 radical (unpaired) electrons. The molecular weight excluding hydrogens is 274 g/mol. The minimum atomic E-state index is -0.983. The van der Waals surface area contributed by atoms with Crippen LogP contribution in [0.1, 0.15) is 20.3 Å². The number of carbonyl (C=O) groups is 2. The molecule has 6 heteroatoms. The van der Waals surface area contributed by atoms with Gasteiger partial charge >= 0.3 is 5.97 Å². The Kier molecular flexibility index (Phi) is 4.35. The van der Waals surface area contributed by atoms with E-state index in [-0.39, 0.29) is 19.1 Å². The van der Waals surface area contributed by atoms with Crippen LogP contribution in [-0.2, 0) is 9.59 Å². The van der Waals surface area contributed by atoms with Crippen molar-refractivity contribution in [3.63, 3.8) is 0 Å². The summed E-state index contributed by atoms with van der Waals surface area (Å²) in [4.78, 5) is 23.3. The number of carboxylic acids is 1. The van der Waals surface area contributed by atoms with Crippen LogP contribution in [0.25, 0.3) is 0 Å². The molecule has 0 spiro atoms. The minimum absolute atomic E-state index is 0.0547. The number of ether oxygens (including phenoxy) is 2. The third-order valence-electron chi connectivity index (χ3n) is 3.75. The number of nitrogens with one attached hydrogen (secondary N) is 1. The molecule has 0 saturated carbocycles. The van der Waals surface area contributed by atoms with Gasteiger partial charge < -0.3 is 19.9 Å². The Morgan fingerprint density at radius 2 is 2.05 bits per heavy atom. The van der Waals surface area contributed by atoms with Crippen LogP contribution in [0.15, 0.2) is 24.3 Å². The molecular formula is C15H19NO5. The molecule has 0 saturated heterocycles. The smallest absolute Gasteiger partial charge is 0.311 e. The summed E-state index contributed by atoms with van der Waals surface area (Å²) in [6, 6.07) is 7.10. The van der Waals surface area contributed by atoms with Crippen molar-refractivity contribution in [2.45, 2.75) is 26.4 Å². The lowest BCUT2D eigenvalue weighted by molar-refractivity contribution is -0.148. The highest BCUT2D eigenvalue weighted by Gasteiger charge is 2.34. The van der Waals surface area contributed by atoms with Crippen molar-refractivity contribution in [2.75, 3.05) is 13.2 Å². The van der Waals surface area contributed by atoms with Crippen molar-refractivity contribution in [1.29, 1.82) is 0 Å². The van der Waals surface area contributed by atoms with Crippen molar-refractivity contribution in [2.24, 2.45) is 5.41 Å². The molecule has 0 aliphatic carbocycles. The molecule has 2 rings (SSSR count). The summed E-state index contributed by atoms with van der Waals surface area (Å²) in [6.45, 7) is 3.54. The molecule has 1 amide bonds. The third kappa shape index (κ3) is 3.26. The fourth-order valence-corrected chi connectivity index (χ4v) is 1.90. The fourth-order valence-electron chi connectivity index (χ4n) is 1.90. The van der Waals surface area contributed by atoms with Gasteiger partial charge in [-0.1, -0.05) is 19.1 Å². The van der Waals surface area contributed by atoms with E-state index in [9.17, 15) is 14.7 Å². The quantitative estimate of drug-likeness (QED) is 0.858. The van der Waals surface area contributed by atoms with Crippen LogP contribution in [0.3, 0.4) is 0 Å². The number of carboxylic acid groups (broad SMARTS) is 1. The summed E-state index contributed by atoms with van der Waals surface area (Å²) in [5.74, 6) is -0.187. The highest BCUT2D eigenvalue weighted by atomic mass is 16.6. The molecule has 0 bridgehead atoms. The second-order valence-electron chi connectivity index (χ2n) is 5.30. The van der Waals surface area contributed by atoms with Crippen LogP contribution in [0.5, 0.6) is 11.5 Å². The zero-order valence-corrected chi connectivity index (χ0v) is 12.1. The van der Waals surface area contributed by atoms with Gasteiger partial charge in [0.25, 0.3) is 5.91 Å². The molecule has 0 fully saturated rings. The molecule has 1 aliphatic rings. The molecule has 6 nitrogen and oxygen atoms in total. The molecule has 2 N–H and O–H groups in total. The van der Waals surface area contributed by atoms with Gasteiger partial charge in [0.1, 0.15) is 6.61 Å². The van der Waals surface area contributed by atoms with E-state index in [0.717, 1.165) is 0 Å². The Morgan fingerprint density at radius 3 is 2.67 bits per heavy atom. The van der Waals surface area contributed by atoms with Gasteiger partial charge in [-0.2, -0.15) is 0 Å². The van der Waals surface area contributed by atoms with Crippen LogP contribution >= 0.6 is 0 Å². The van der Waals surface area contributed by atoms with E-state index in [2.05, 4.69) is 5.32 Å². The van der Waals surface area contributed by atoms with Crippen molar-refractivity contribution in [3.05, 3.63) is 24.3 Å². The zero-order chi connectivity index (χ0) is 15.5. The van der Waals surface area contributed by atoms with Gasteiger partial charge in [0.15, 0.2) is 11.5 Å². The first kappa shape index (κ1) is 15.2. The highest BCUT2D eigenvalue weighted by molar-refractivity contribution is 5.83. The number of aliphatic carboxylic acids is 1. The predicted molar refractivity (Wildman–Crippen MR) is 75.4 cm³/mol. The summed E-state index contributed by atoms with van der Waals surface area (Å²) < 4.78 is 11.0. The first-order valence-corrected chi connectivity index (χ1v) is 6.86. The number of amides is 1. The minimum Gasteiger partial charge on any atom is -0.485 e. The van der Waals surface area contributed by atoms with Crippen LogP contribution in [0.2, 0.25) is 0 Å². The Morgan fingerprint density at radius 1 is 1.38 bits per heavy atom. The highest BCUT2D eigenvalue weighted by Crippen LogP contribution is 2.31. The van der Waals surface area contributed by atoms with E-state index in [1.807, 2.05) is 6.07 Å². The lowest BCUT2D eigenvalue weighted by atomic mass is 9.87. The Hall–Kier alpha value is -2.24. The van der Waals surface area contributed by atoms with Gasteiger partial charge in [0, 0.05) is 6.54 Å². The summed E-state index contributed by atoms with van der Waals surface area (Å²) in [5, 5.41) is 11.8. The maximum absolute atomic E-state index is 12.1. The molecule has 114 valence electrons. The Labute approximate surface area is 123 Å². The number of benzene rings is 1. The average Bonchev–Trinajstić information content (AvgIpc) is 2.51. The molecule has 2 unspecified atom stereocenters. The number of hydrogen-bond acceptors (Lipinski definition) is 4. The average molecular weight is 293 g/mol. The van der Waals surface area contributed by atoms with E-state index in [1.165, 1.54) is 0 Å². The maximum atomic E-state index is 12.1. The van der Waals surface area contributed by atoms with E-state index in [4.69, 9.17) is 9.47 Å². The van der Waals surface area contributed by atoms with Crippen LogP contribution in [-0.4, -0.2) is 36.2 Å². The number of rotatable bonds is 5. The first-order valence-electron chi connectivity index (χ1n) is 6.86. The second-order valence-corrected chi connectivity index (χ2v) is 5.30. The topological polar surface area (TPSA) is 84.9 Å². The van der Waals surface area contributed by atoms with E-state index >= 15 is 0 Å². The normalized spacial score (nSPS) is 19.4. The number of carbonyl (C=O) groups excluding carboxylic acids is 1. The largest absolute Gasteiger partial charge is 0.485 e. The third-order valence-corrected chi connectivity index (χ3v) is 3.75. The summed E-state index contributed by atoms with van der Waals surface area (Å²) >= 11 is 0. The van der Waals surface area contributed by atoms with Gasteiger partial charge in [0.2, 0.25) is 6.10 Å². The lowest BCUT2D eigenvalue weighted by Gasteiger charge is -2.28. The molecule has 1 aromatic carbocycles. The van der Waals surface area contributed by atoms with Crippen LogP contribution in [0.4, 0.5) is 0 Å². The van der Waals surface area contributed by atoms with Crippen molar-refractivity contribution < 1.29 is 24.2 Å². The summed E-state index contributed by atoms with van der Waals surface area (Å²) in [7, 11) is 0. The van der Waals surface area contributed by atoms with Crippen LogP contribution < -0.4 is 14.8 Å². The van der Waals surface area contributed by atoms with Gasteiger partial charge in [-0.15, -0.1) is 0 Å². The number of hydrogen-bond donors (Lipinski definition) is 2. The van der Waals surface area contributed by atoms with Gasteiger partial charge in [0.05, 0.1) is 5.41 Å². The van der Waals surface area contributed by atoms with Crippen molar-refractivity contribution >= 4 is 11.9 Å². The van der Waals surface area contributed by atoms with Gasteiger partial charge in [-0.3, -0.25) is 9.59 Å². The molecule has 2 atom stereocenters. The van der Waals surface area contributed by atoms with E-state index < -0.39 is 17.5 Å². The van der Waals surface area contributed by atoms with E-state index in [0.29, 0.717) is 17.9 Å². The Bertz CT molecular complexity index is 545. The number of fused-ring (bicyclic) bond motifs is 1. The summed E-state index contributed by atoms with van der Waals surface area (Å²) in [5.41, 5.74) is -0.983. The van der Waals surface area contributed by atoms with E-state index in [1.54, 1.807) is 32.0 Å². The van der Waals surface area contributed by atoms with Crippen molar-refractivity contribution in [3.8, 4) is 11.5 Å². The SMILES string of the molecule is CCC(C)(CNC(=O)C1COc2ccccc2O1)C(=O)O. The first-order chi connectivity index (χ1) is 9.96. The molecule has 1 aromatic rings. The van der Waals surface area contributed by atoms with Gasteiger partial charge in [-0.25, -0.2) is 0 Å².